The third-order valence-corrected chi connectivity index (χ3v) is 6.81. The van der Waals surface area contributed by atoms with Gasteiger partial charge in [-0.25, -0.2) is 8.42 Å². The lowest BCUT2D eigenvalue weighted by Crippen LogP contribution is -2.45. The highest BCUT2D eigenvalue weighted by Crippen LogP contribution is 2.70. The van der Waals surface area contributed by atoms with Crippen molar-refractivity contribution in [2.75, 3.05) is 12.4 Å². The molecule has 18 heavy (non-hydrogen) atoms. The molecule has 0 bridgehead atoms. The van der Waals surface area contributed by atoms with Crippen molar-refractivity contribution in [3.8, 4) is 0 Å². The molecule has 2 unspecified atom stereocenters. The van der Waals surface area contributed by atoms with Crippen LogP contribution in [0.3, 0.4) is 0 Å². The van der Waals surface area contributed by atoms with Gasteiger partial charge in [0.2, 0.25) is 9.05 Å². The second-order valence-corrected chi connectivity index (χ2v) is 9.17. The minimum atomic E-state index is -3.43. The molecule has 5 heteroatoms. The second-order valence-electron chi connectivity index (χ2n) is 6.40. The van der Waals surface area contributed by atoms with E-state index < -0.39 is 9.05 Å². The second kappa shape index (κ2) is 4.10. The first-order valence-electron chi connectivity index (χ1n) is 6.97. The van der Waals surface area contributed by atoms with Crippen molar-refractivity contribution < 1.29 is 13.2 Å². The van der Waals surface area contributed by atoms with Gasteiger partial charge in [-0.3, -0.25) is 0 Å². The number of hydrogen-bond donors (Lipinski definition) is 0. The first-order valence-corrected chi connectivity index (χ1v) is 9.45. The Balaban J connectivity index is 1.80. The number of hydrogen-bond acceptors (Lipinski definition) is 3. The summed E-state index contributed by atoms with van der Waals surface area (Å²) in [5.41, 5.74) is -0.322. The van der Waals surface area contributed by atoms with Gasteiger partial charge in [0, 0.05) is 16.1 Å². The van der Waals surface area contributed by atoms with Crippen LogP contribution < -0.4 is 0 Å². The molecule has 3 fully saturated rings. The molecule has 1 aliphatic heterocycles. The fourth-order valence-corrected chi connectivity index (χ4v) is 6.19. The summed E-state index contributed by atoms with van der Waals surface area (Å²) in [6, 6.07) is 0. The maximum absolute atomic E-state index is 11.5. The van der Waals surface area contributed by atoms with Crippen LogP contribution in [0.4, 0.5) is 0 Å². The molecule has 104 valence electrons. The van der Waals surface area contributed by atoms with Crippen molar-refractivity contribution in [1.29, 1.82) is 0 Å². The lowest BCUT2D eigenvalue weighted by atomic mass is 9.70. The Kier molecular flexibility index (Phi) is 3.00. The fraction of sp³-hybridized carbons (Fsp3) is 1.00. The zero-order valence-corrected chi connectivity index (χ0v) is 12.4. The molecule has 0 N–H and O–H groups in total. The summed E-state index contributed by atoms with van der Waals surface area (Å²) in [4.78, 5) is 0. The van der Waals surface area contributed by atoms with Crippen molar-refractivity contribution in [3.05, 3.63) is 0 Å². The molecular formula is C13H21ClO3S. The van der Waals surface area contributed by atoms with Gasteiger partial charge in [0.15, 0.2) is 0 Å². The minimum Gasteiger partial charge on any atom is -0.374 e. The molecule has 1 saturated heterocycles. The monoisotopic (exact) mass is 292 g/mol. The topological polar surface area (TPSA) is 43.4 Å². The maximum Gasteiger partial charge on any atom is 0.233 e. The number of fused-ring (bicyclic) bond motifs is 2. The van der Waals surface area contributed by atoms with Crippen LogP contribution in [0.25, 0.3) is 0 Å². The van der Waals surface area contributed by atoms with Crippen LogP contribution in [0.5, 0.6) is 0 Å². The molecule has 0 aromatic heterocycles. The van der Waals surface area contributed by atoms with Crippen LogP contribution in [0.2, 0.25) is 0 Å². The van der Waals surface area contributed by atoms with Gasteiger partial charge in [-0.05, 0) is 43.9 Å². The Morgan fingerprint density at radius 2 is 2.00 bits per heavy atom. The molecule has 2 aliphatic carbocycles. The summed E-state index contributed by atoms with van der Waals surface area (Å²) in [5, 5.41) is 0. The van der Waals surface area contributed by atoms with E-state index in [0.717, 1.165) is 31.8 Å². The summed E-state index contributed by atoms with van der Waals surface area (Å²) < 4.78 is 29.0. The zero-order chi connectivity index (χ0) is 13.0. The Morgan fingerprint density at radius 1 is 1.33 bits per heavy atom. The molecule has 1 heterocycles. The molecule has 3 rings (SSSR count). The van der Waals surface area contributed by atoms with E-state index in [2.05, 4.69) is 6.92 Å². The molecule has 0 radical (unpaired) electrons. The third kappa shape index (κ3) is 1.92. The normalized spacial score (nSPS) is 47.2. The van der Waals surface area contributed by atoms with Gasteiger partial charge in [-0.15, -0.1) is 0 Å². The van der Waals surface area contributed by atoms with E-state index in [9.17, 15) is 8.42 Å². The molecule has 0 aromatic carbocycles. The summed E-state index contributed by atoms with van der Waals surface area (Å²) in [5.74, 6) is 1.34. The molecule has 0 amide bonds. The molecule has 1 spiro atoms. The van der Waals surface area contributed by atoms with E-state index in [4.69, 9.17) is 15.4 Å². The molecule has 0 aromatic rings. The van der Waals surface area contributed by atoms with E-state index in [1.54, 1.807) is 0 Å². The zero-order valence-electron chi connectivity index (χ0n) is 10.8. The Hall–Kier alpha value is 0.200. The van der Waals surface area contributed by atoms with Gasteiger partial charge < -0.3 is 4.74 Å². The van der Waals surface area contributed by atoms with Crippen LogP contribution in [-0.4, -0.2) is 26.4 Å². The molecule has 2 atom stereocenters. The van der Waals surface area contributed by atoms with Crippen molar-refractivity contribution in [1.82, 2.24) is 0 Å². The van der Waals surface area contributed by atoms with Crippen LogP contribution >= 0.6 is 10.7 Å². The highest BCUT2D eigenvalue weighted by molar-refractivity contribution is 8.13. The van der Waals surface area contributed by atoms with Gasteiger partial charge >= 0.3 is 0 Å². The van der Waals surface area contributed by atoms with E-state index in [-0.39, 0.29) is 16.8 Å². The minimum absolute atomic E-state index is 0.114. The highest BCUT2D eigenvalue weighted by Gasteiger charge is 2.72. The van der Waals surface area contributed by atoms with Crippen molar-refractivity contribution >= 4 is 19.7 Å². The van der Waals surface area contributed by atoms with Crippen molar-refractivity contribution in [3.63, 3.8) is 0 Å². The first-order chi connectivity index (χ1) is 8.41. The van der Waals surface area contributed by atoms with E-state index in [0.29, 0.717) is 5.92 Å². The number of halogens is 1. The standard InChI is InChI=1S/C13H21ClO3S/c1-2-10-3-5-13(6-4-10)12(9-18(14,15)16)7-11(12)8-17-13/h10-11H,2-9H2,1H3. The largest absolute Gasteiger partial charge is 0.374 e. The van der Waals surface area contributed by atoms with E-state index >= 15 is 0 Å². The predicted molar refractivity (Wildman–Crippen MR) is 71.1 cm³/mol. The lowest BCUT2D eigenvalue weighted by molar-refractivity contribution is -0.0828. The van der Waals surface area contributed by atoms with Gasteiger partial charge in [0.05, 0.1) is 18.0 Å². The quantitative estimate of drug-likeness (QED) is 0.751. The summed E-state index contributed by atoms with van der Waals surface area (Å²) in [6.07, 6.45) is 6.61. The molecule has 2 saturated carbocycles. The molecule has 3 nitrogen and oxygen atoms in total. The van der Waals surface area contributed by atoms with E-state index in [1.165, 1.54) is 19.3 Å². The Bertz CT molecular complexity index is 439. The van der Waals surface area contributed by atoms with Crippen molar-refractivity contribution in [2.45, 2.75) is 51.0 Å². The first kappa shape index (κ1) is 13.2. The summed E-state index contributed by atoms with van der Waals surface area (Å²) in [6.45, 7) is 2.97. The van der Waals surface area contributed by atoms with Gasteiger partial charge in [0.25, 0.3) is 0 Å². The number of rotatable bonds is 3. The van der Waals surface area contributed by atoms with Crippen LogP contribution in [0.1, 0.15) is 45.4 Å². The van der Waals surface area contributed by atoms with Gasteiger partial charge in [-0.1, -0.05) is 13.3 Å². The summed E-state index contributed by atoms with van der Waals surface area (Å²) >= 11 is 0. The third-order valence-electron chi connectivity index (χ3n) is 5.62. The van der Waals surface area contributed by atoms with Crippen LogP contribution in [-0.2, 0) is 13.8 Å². The average molecular weight is 293 g/mol. The Morgan fingerprint density at radius 3 is 2.50 bits per heavy atom. The Labute approximate surface area is 114 Å². The SMILES string of the molecule is CCC1CCC2(CC1)OCC1CC12CS(=O)(=O)Cl. The maximum atomic E-state index is 11.5. The average Bonchev–Trinajstić information content (AvgIpc) is 2.93. The van der Waals surface area contributed by atoms with Crippen molar-refractivity contribution in [2.24, 2.45) is 17.3 Å². The fourth-order valence-electron chi connectivity index (χ4n) is 4.37. The summed E-state index contributed by atoms with van der Waals surface area (Å²) in [7, 11) is 2.08. The smallest absolute Gasteiger partial charge is 0.233 e. The molecule has 3 aliphatic rings. The lowest BCUT2D eigenvalue weighted by Gasteiger charge is -2.43. The van der Waals surface area contributed by atoms with Crippen LogP contribution in [0, 0.1) is 17.3 Å². The van der Waals surface area contributed by atoms with Gasteiger partial charge in [0.1, 0.15) is 0 Å². The van der Waals surface area contributed by atoms with Crippen LogP contribution in [0.15, 0.2) is 0 Å². The molecular weight excluding hydrogens is 272 g/mol. The predicted octanol–water partition coefficient (Wildman–Crippen LogP) is 2.93. The van der Waals surface area contributed by atoms with Gasteiger partial charge in [-0.2, -0.15) is 0 Å². The van der Waals surface area contributed by atoms with E-state index in [1.807, 2.05) is 0 Å². The number of ether oxygens (including phenoxy) is 1. The highest BCUT2D eigenvalue weighted by atomic mass is 35.7.